The Bertz CT molecular complexity index is 481. The van der Waals surface area contributed by atoms with E-state index in [0.717, 1.165) is 22.8 Å². The van der Waals surface area contributed by atoms with E-state index in [0.29, 0.717) is 6.54 Å². The zero-order valence-corrected chi connectivity index (χ0v) is 11.4. The van der Waals surface area contributed by atoms with Gasteiger partial charge in [0.15, 0.2) is 5.13 Å². The second-order valence-corrected chi connectivity index (χ2v) is 4.83. The molecule has 0 spiro atoms. The largest absolute Gasteiger partial charge is 0.306 e. The van der Waals surface area contributed by atoms with Crippen molar-refractivity contribution in [3.8, 4) is 0 Å². The van der Waals surface area contributed by atoms with Gasteiger partial charge < -0.3 is 5.32 Å². The molecule has 0 saturated carbocycles. The highest BCUT2D eigenvalue weighted by Crippen LogP contribution is 2.13. The minimum absolute atomic E-state index is 0. The van der Waals surface area contributed by atoms with Crippen LogP contribution < -0.4 is 5.32 Å². The quantitative estimate of drug-likeness (QED) is 0.930. The number of aryl methyl sites for hydroxylation is 2. The smallest absolute Gasteiger partial charge is 0.176 e. The highest BCUT2D eigenvalue weighted by Gasteiger charge is 2.02. The van der Waals surface area contributed by atoms with E-state index in [9.17, 15) is 4.39 Å². The Morgan fingerprint density at radius 1 is 1.41 bits per heavy atom. The molecule has 17 heavy (non-hydrogen) atoms. The van der Waals surface area contributed by atoms with Crippen molar-refractivity contribution in [3.63, 3.8) is 0 Å². The normalized spacial score (nSPS) is 10.3. The topological polar surface area (TPSA) is 29.9 Å². The average Bonchev–Trinajstić information content (AvgIpc) is 2.74. The molecule has 94 valence electrons. The maximum atomic E-state index is 12.7. The molecule has 0 amide bonds. The first-order chi connectivity index (χ1) is 7.65. The number of rotatable bonds is 4. The Balaban J connectivity index is 0.00000144. The number of nitrogens with zero attached hydrogens (tertiary/aromatic N) is 2. The highest BCUT2D eigenvalue weighted by atomic mass is 35.5. The van der Waals surface area contributed by atoms with Gasteiger partial charge in [-0.1, -0.05) is 0 Å². The maximum Gasteiger partial charge on any atom is 0.176 e. The van der Waals surface area contributed by atoms with Crippen molar-refractivity contribution in [2.24, 2.45) is 7.05 Å². The average molecular weight is 276 g/mol. The van der Waals surface area contributed by atoms with Crippen LogP contribution in [-0.2, 0) is 20.1 Å². The van der Waals surface area contributed by atoms with Crippen LogP contribution in [-0.4, -0.2) is 9.78 Å². The molecule has 6 heteroatoms. The highest BCUT2D eigenvalue weighted by molar-refractivity contribution is 7.10. The monoisotopic (exact) mass is 275 g/mol. The molecule has 0 atom stereocenters. The maximum absolute atomic E-state index is 12.7. The summed E-state index contributed by atoms with van der Waals surface area (Å²) in [6.45, 7) is 3.41. The third kappa shape index (κ3) is 3.80. The van der Waals surface area contributed by atoms with E-state index >= 15 is 0 Å². The summed E-state index contributed by atoms with van der Waals surface area (Å²) in [4.78, 5) is 1.01. The molecule has 2 aromatic rings. The molecule has 3 nitrogen and oxygen atoms in total. The zero-order valence-electron chi connectivity index (χ0n) is 9.74. The molecular formula is C11H15ClFN3S. The van der Waals surface area contributed by atoms with Gasteiger partial charge in [-0.2, -0.15) is 9.49 Å². The standard InChI is InChI=1S/C11H14FN3S.ClH/c1-8-5-9(15(2)14-8)6-13-7-10-3-4-11(12)16-10;/h3-5,13H,6-7H2,1-2H3;1H. The molecular weight excluding hydrogens is 261 g/mol. The minimum atomic E-state index is -0.131. The van der Waals surface area contributed by atoms with Gasteiger partial charge in [0.2, 0.25) is 0 Å². The van der Waals surface area contributed by atoms with Crippen molar-refractivity contribution in [1.29, 1.82) is 0 Å². The lowest BCUT2D eigenvalue weighted by Gasteiger charge is -2.03. The van der Waals surface area contributed by atoms with Gasteiger partial charge in [0, 0.05) is 25.0 Å². The Hall–Kier alpha value is -0.910. The summed E-state index contributed by atoms with van der Waals surface area (Å²) in [7, 11) is 1.93. The van der Waals surface area contributed by atoms with Crippen molar-refractivity contribution >= 4 is 23.7 Å². The van der Waals surface area contributed by atoms with E-state index < -0.39 is 0 Å². The van der Waals surface area contributed by atoms with Crippen molar-refractivity contribution in [3.05, 3.63) is 39.6 Å². The van der Waals surface area contributed by atoms with Crippen molar-refractivity contribution in [1.82, 2.24) is 15.1 Å². The lowest BCUT2D eigenvalue weighted by atomic mass is 10.3. The fraction of sp³-hybridized carbons (Fsp3) is 0.364. The Kier molecular flexibility index (Phi) is 5.11. The SMILES string of the molecule is Cc1cc(CNCc2ccc(F)s2)n(C)n1.Cl. The molecule has 2 aromatic heterocycles. The predicted octanol–water partition coefficient (Wildman–Crippen LogP) is 2.64. The number of thiophene rings is 1. The first-order valence-corrected chi connectivity index (χ1v) is 5.91. The summed E-state index contributed by atoms with van der Waals surface area (Å²) in [5.41, 5.74) is 2.15. The third-order valence-corrected chi connectivity index (χ3v) is 3.21. The first kappa shape index (κ1) is 14.2. The van der Waals surface area contributed by atoms with Gasteiger partial charge in [0.25, 0.3) is 0 Å². The molecule has 2 heterocycles. The van der Waals surface area contributed by atoms with Crippen LogP contribution in [0.4, 0.5) is 4.39 Å². The van der Waals surface area contributed by atoms with Crippen LogP contribution in [0.15, 0.2) is 18.2 Å². The summed E-state index contributed by atoms with van der Waals surface area (Å²) < 4.78 is 14.6. The van der Waals surface area contributed by atoms with Crippen LogP contribution in [0.3, 0.4) is 0 Å². The fourth-order valence-electron chi connectivity index (χ4n) is 1.59. The van der Waals surface area contributed by atoms with Crippen LogP contribution >= 0.6 is 23.7 Å². The van der Waals surface area contributed by atoms with Gasteiger partial charge in [0.05, 0.1) is 11.4 Å². The molecule has 1 N–H and O–H groups in total. The summed E-state index contributed by atoms with van der Waals surface area (Å²) in [5.74, 6) is 0. The summed E-state index contributed by atoms with van der Waals surface area (Å²) >= 11 is 1.18. The fourth-order valence-corrected chi connectivity index (χ4v) is 2.29. The van der Waals surface area contributed by atoms with E-state index in [2.05, 4.69) is 10.4 Å². The van der Waals surface area contributed by atoms with E-state index in [1.54, 1.807) is 0 Å². The van der Waals surface area contributed by atoms with Crippen molar-refractivity contribution < 1.29 is 4.39 Å². The number of aromatic nitrogens is 2. The van der Waals surface area contributed by atoms with Crippen LogP contribution in [0.1, 0.15) is 16.3 Å². The third-order valence-electron chi connectivity index (χ3n) is 2.33. The Morgan fingerprint density at radius 3 is 2.71 bits per heavy atom. The van der Waals surface area contributed by atoms with Gasteiger partial charge >= 0.3 is 0 Å². The van der Waals surface area contributed by atoms with Crippen LogP contribution in [0.5, 0.6) is 0 Å². The molecule has 0 aliphatic heterocycles. The second kappa shape index (κ2) is 6.14. The number of halogens is 2. The van der Waals surface area contributed by atoms with E-state index in [1.807, 2.05) is 30.8 Å². The Morgan fingerprint density at radius 2 is 2.18 bits per heavy atom. The first-order valence-electron chi connectivity index (χ1n) is 5.09. The molecule has 0 unspecified atom stereocenters. The summed E-state index contributed by atoms with van der Waals surface area (Å²) in [6.07, 6.45) is 0. The molecule has 0 radical (unpaired) electrons. The van der Waals surface area contributed by atoms with Gasteiger partial charge in [-0.15, -0.1) is 23.7 Å². The van der Waals surface area contributed by atoms with Crippen molar-refractivity contribution in [2.45, 2.75) is 20.0 Å². The molecule has 0 fully saturated rings. The molecule has 0 aromatic carbocycles. The molecule has 0 saturated heterocycles. The summed E-state index contributed by atoms with van der Waals surface area (Å²) in [6, 6.07) is 5.35. The van der Waals surface area contributed by atoms with Gasteiger partial charge in [-0.3, -0.25) is 4.68 Å². The van der Waals surface area contributed by atoms with E-state index in [4.69, 9.17) is 0 Å². The van der Waals surface area contributed by atoms with E-state index in [1.165, 1.54) is 17.4 Å². The molecule has 2 rings (SSSR count). The van der Waals surface area contributed by atoms with Crippen LogP contribution in [0.2, 0.25) is 0 Å². The van der Waals surface area contributed by atoms with Gasteiger partial charge in [-0.05, 0) is 25.1 Å². The number of hydrogen-bond acceptors (Lipinski definition) is 3. The predicted molar refractivity (Wildman–Crippen MR) is 70.0 cm³/mol. The second-order valence-electron chi connectivity index (χ2n) is 3.71. The van der Waals surface area contributed by atoms with Gasteiger partial charge in [-0.25, -0.2) is 0 Å². The van der Waals surface area contributed by atoms with Crippen LogP contribution in [0.25, 0.3) is 0 Å². The Labute approximate surface area is 110 Å². The zero-order chi connectivity index (χ0) is 11.5. The van der Waals surface area contributed by atoms with Crippen LogP contribution in [0, 0.1) is 12.1 Å². The lowest BCUT2D eigenvalue weighted by molar-refractivity contribution is 0.628. The number of nitrogens with one attached hydrogen (secondary N) is 1. The van der Waals surface area contributed by atoms with Gasteiger partial charge in [0.1, 0.15) is 0 Å². The lowest BCUT2D eigenvalue weighted by Crippen LogP contribution is -2.14. The number of hydrogen-bond donors (Lipinski definition) is 1. The van der Waals surface area contributed by atoms with E-state index in [-0.39, 0.29) is 17.5 Å². The van der Waals surface area contributed by atoms with Crippen molar-refractivity contribution in [2.75, 3.05) is 0 Å². The summed E-state index contributed by atoms with van der Waals surface area (Å²) in [5, 5.41) is 7.40. The molecule has 0 bridgehead atoms. The minimum Gasteiger partial charge on any atom is -0.306 e. The molecule has 0 aliphatic carbocycles. The molecule has 0 aliphatic rings.